The summed E-state index contributed by atoms with van der Waals surface area (Å²) >= 11 is 0. The Bertz CT molecular complexity index is 838. The van der Waals surface area contributed by atoms with Crippen molar-refractivity contribution in [2.45, 2.75) is 0 Å². The molecule has 0 aliphatic carbocycles. The highest BCUT2D eigenvalue weighted by Crippen LogP contribution is 2.29. The molecule has 8 heteroatoms. The third kappa shape index (κ3) is 2.22. The molecule has 0 atom stereocenters. The second-order valence-electron chi connectivity index (χ2n) is 4.22. The van der Waals surface area contributed by atoms with Crippen molar-refractivity contribution >= 4 is 34.6 Å². The Balaban J connectivity index is 3.18. The summed E-state index contributed by atoms with van der Waals surface area (Å²) in [6, 6.07) is 3.73. The maximum Gasteiger partial charge on any atom is 0.0728 e. The number of benzene rings is 2. The average molecular weight is 300 g/mol. The van der Waals surface area contributed by atoms with E-state index in [4.69, 9.17) is 0 Å². The quantitative estimate of drug-likeness (QED) is 0.557. The zero-order valence-corrected chi connectivity index (χ0v) is 10.6. The van der Waals surface area contributed by atoms with Crippen LogP contribution >= 0.6 is 0 Å². The molecule has 8 nitrogen and oxygen atoms in total. The first kappa shape index (κ1) is 15.0. The molecule has 0 aliphatic rings. The molecule has 0 saturated heterocycles. The molecule has 2 aromatic carbocycles. The smallest absolute Gasteiger partial charge is 0.0728 e. The summed E-state index contributed by atoms with van der Waals surface area (Å²) < 4.78 is 0. The molecule has 2 rings (SSSR count). The van der Waals surface area contributed by atoms with Gasteiger partial charge in [0.1, 0.15) is 0 Å². The summed E-state index contributed by atoms with van der Waals surface area (Å²) in [5, 5.41) is 43.5. The second kappa shape index (κ2) is 5.17. The molecule has 0 N–H and O–H groups in total. The van der Waals surface area contributed by atoms with Crippen molar-refractivity contribution in [3.8, 4) is 0 Å². The van der Waals surface area contributed by atoms with Crippen molar-refractivity contribution in [3.63, 3.8) is 0 Å². The SMILES string of the molecule is O=C([O-])c1cc(C(=O)[O-])c2cccc(C(=O)[O-])c2c1C(=O)[O-]. The highest BCUT2D eigenvalue weighted by atomic mass is 16.4. The van der Waals surface area contributed by atoms with Crippen molar-refractivity contribution in [3.05, 3.63) is 46.5 Å². The van der Waals surface area contributed by atoms with E-state index in [1.807, 2.05) is 0 Å². The summed E-state index contributed by atoms with van der Waals surface area (Å²) in [6.45, 7) is 0. The second-order valence-corrected chi connectivity index (χ2v) is 4.22. The van der Waals surface area contributed by atoms with Crippen LogP contribution in [0.2, 0.25) is 0 Å². The van der Waals surface area contributed by atoms with Crippen LogP contribution in [0.5, 0.6) is 0 Å². The van der Waals surface area contributed by atoms with Crippen molar-refractivity contribution < 1.29 is 39.6 Å². The molecule has 22 heavy (non-hydrogen) atoms. The summed E-state index contributed by atoms with van der Waals surface area (Å²) in [5.41, 5.74) is -3.41. The summed E-state index contributed by atoms with van der Waals surface area (Å²) in [6.07, 6.45) is 0. The van der Waals surface area contributed by atoms with Gasteiger partial charge in [0.15, 0.2) is 0 Å². The van der Waals surface area contributed by atoms with Crippen molar-refractivity contribution in [1.82, 2.24) is 0 Å². The van der Waals surface area contributed by atoms with Crippen molar-refractivity contribution in [2.24, 2.45) is 0 Å². The van der Waals surface area contributed by atoms with Crippen LogP contribution in [0.15, 0.2) is 24.3 Å². The molecule has 0 bridgehead atoms. The Morgan fingerprint density at radius 3 is 1.68 bits per heavy atom. The van der Waals surface area contributed by atoms with Gasteiger partial charge >= 0.3 is 0 Å². The molecule has 0 unspecified atom stereocenters. The first-order valence-electron chi connectivity index (χ1n) is 5.70. The predicted octanol–water partition coefficient (Wildman–Crippen LogP) is -3.71. The lowest BCUT2D eigenvalue weighted by Gasteiger charge is -2.20. The van der Waals surface area contributed by atoms with Gasteiger partial charge in [-0.05, 0) is 11.5 Å². The largest absolute Gasteiger partial charge is 0.545 e. The van der Waals surface area contributed by atoms with E-state index < -0.39 is 51.5 Å². The van der Waals surface area contributed by atoms with Crippen LogP contribution in [0.25, 0.3) is 10.8 Å². The molecule has 112 valence electrons. The predicted molar refractivity (Wildman–Crippen MR) is 61.3 cm³/mol. The maximum absolute atomic E-state index is 11.2. The minimum atomic E-state index is -2.00. The van der Waals surface area contributed by atoms with Crippen LogP contribution in [0.1, 0.15) is 41.4 Å². The van der Waals surface area contributed by atoms with Gasteiger partial charge in [0.25, 0.3) is 0 Å². The maximum atomic E-state index is 11.2. The van der Waals surface area contributed by atoms with Crippen LogP contribution < -0.4 is 20.4 Å². The molecular formula is C14H4O8-4. The zero-order chi connectivity index (χ0) is 16.6. The fourth-order valence-electron chi connectivity index (χ4n) is 2.19. The lowest BCUT2D eigenvalue weighted by atomic mass is 9.91. The highest BCUT2D eigenvalue weighted by molar-refractivity contribution is 6.20. The number of hydrogen-bond acceptors (Lipinski definition) is 8. The fraction of sp³-hybridized carbons (Fsp3) is 0. The van der Waals surface area contributed by atoms with E-state index in [1.165, 1.54) is 0 Å². The van der Waals surface area contributed by atoms with Crippen LogP contribution in [0.4, 0.5) is 0 Å². The number of fused-ring (bicyclic) bond motifs is 1. The molecule has 0 aliphatic heterocycles. The minimum Gasteiger partial charge on any atom is -0.545 e. The number of carboxylic acid groups (broad SMARTS) is 4. The number of carboxylic acids is 4. The van der Waals surface area contributed by atoms with Gasteiger partial charge < -0.3 is 39.6 Å². The summed E-state index contributed by atoms with van der Waals surface area (Å²) in [4.78, 5) is 44.5. The Hall–Kier alpha value is -3.42. The number of carbonyl (C=O) groups excluding carboxylic acids is 4. The van der Waals surface area contributed by atoms with Crippen LogP contribution in [0, 0.1) is 0 Å². The van der Waals surface area contributed by atoms with E-state index in [9.17, 15) is 39.6 Å². The van der Waals surface area contributed by atoms with Gasteiger partial charge in [-0.3, -0.25) is 0 Å². The molecule has 0 aromatic heterocycles. The Morgan fingerprint density at radius 2 is 1.23 bits per heavy atom. The lowest BCUT2D eigenvalue weighted by Crippen LogP contribution is -2.33. The molecule has 0 heterocycles. The molecule has 2 aromatic rings. The van der Waals surface area contributed by atoms with Gasteiger partial charge in [-0.2, -0.15) is 0 Å². The third-order valence-corrected chi connectivity index (χ3v) is 3.03. The highest BCUT2D eigenvalue weighted by Gasteiger charge is 2.17. The number of hydrogen-bond donors (Lipinski definition) is 0. The fourth-order valence-corrected chi connectivity index (χ4v) is 2.19. The number of aromatic carboxylic acids is 4. The number of carbonyl (C=O) groups is 4. The van der Waals surface area contributed by atoms with Gasteiger partial charge in [-0.15, -0.1) is 0 Å². The lowest BCUT2D eigenvalue weighted by molar-refractivity contribution is -0.259. The zero-order valence-electron chi connectivity index (χ0n) is 10.6. The van der Waals surface area contributed by atoms with E-state index in [1.54, 1.807) is 0 Å². The molecule has 0 spiro atoms. The molecule has 0 radical (unpaired) electrons. The van der Waals surface area contributed by atoms with Gasteiger partial charge in [-0.1, -0.05) is 18.2 Å². The van der Waals surface area contributed by atoms with Crippen LogP contribution in [-0.4, -0.2) is 23.9 Å². The molecule has 0 saturated carbocycles. The molecule has 0 amide bonds. The summed E-state index contributed by atoms with van der Waals surface area (Å²) in [7, 11) is 0. The minimum absolute atomic E-state index is 0.328. The van der Waals surface area contributed by atoms with Crippen molar-refractivity contribution in [1.29, 1.82) is 0 Å². The first-order valence-corrected chi connectivity index (χ1v) is 5.70. The summed E-state index contributed by atoms with van der Waals surface area (Å²) in [5.74, 6) is -7.62. The van der Waals surface area contributed by atoms with Gasteiger partial charge in [0, 0.05) is 27.6 Å². The van der Waals surface area contributed by atoms with E-state index >= 15 is 0 Å². The van der Waals surface area contributed by atoms with E-state index in [0.29, 0.717) is 6.07 Å². The molecule has 0 fully saturated rings. The van der Waals surface area contributed by atoms with E-state index in [0.717, 1.165) is 18.2 Å². The van der Waals surface area contributed by atoms with Crippen molar-refractivity contribution in [2.75, 3.05) is 0 Å². The van der Waals surface area contributed by atoms with Crippen LogP contribution in [-0.2, 0) is 0 Å². The Morgan fingerprint density at radius 1 is 0.682 bits per heavy atom. The van der Waals surface area contributed by atoms with Gasteiger partial charge in [0.2, 0.25) is 0 Å². The number of rotatable bonds is 4. The van der Waals surface area contributed by atoms with Crippen LogP contribution in [0.3, 0.4) is 0 Å². The van der Waals surface area contributed by atoms with E-state index in [-0.39, 0.29) is 5.39 Å². The normalized spacial score (nSPS) is 10.4. The first-order chi connectivity index (χ1) is 10.3. The van der Waals surface area contributed by atoms with Gasteiger partial charge in [-0.25, -0.2) is 0 Å². The molecular weight excluding hydrogens is 296 g/mol. The topological polar surface area (TPSA) is 161 Å². The van der Waals surface area contributed by atoms with Gasteiger partial charge in [0.05, 0.1) is 23.9 Å². The monoisotopic (exact) mass is 300 g/mol. The Kier molecular flexibility index (Phi) is 3.52. The Labute approximate surface area is 121 Å². The standard InChI is InChI=1S/C14H8O8/c15-11(16)6-3-1-2-5-7(12(17)18)4-8(13(19)20)10(9(5)6)14(21)22/h1-4H,(H,15,16)(H,17,18)(H,19,20)(H,21,22)/p-4. The average Bonchev–Trinajstić information content (AvgIpc) is 2.43. The van der Waals surface area contributed by atoms with E-state index in [2.05, 4.69) is 0 Å². The third-order valence-electron chi connectivity index (χ3n) is 3.03.